The number of ether oxygens (including phenoxy) is 1. The molecule has 0 saturated heterocycles. The molecular weight excluding hydrogens is 286 g/mol. The van der Waals surface area contributed by atoms with Gasteiger partial charge in [0.2, 0.25) is 0 Å². The number of hydrogen-bond donors (Lipinski definition) is 1. The molecule has 0 unspecified atom stereocenters. The first-order valence-electron chi connectivity index (χ1n) is 6.69. The highest BCUT2D eigenvalue weighted by molar-refractivity contribution is 7.92. The molecular formula is C16H19NO3S. The van der Waals surface area contributed by atoms with E-state index < -0.39 is 10.0 Å². The van der Waals surface area contributed by atoms with Crippen molar-refractivity contribution in [1.29, 1.82) is 0 Å². The van der Waals surface area contributed by atoms with Crippen molar-refractivity contribution < 1.29 is 13.2 Å². The summed E-state index contributed by atoms with van der Waals surface area (Å²) in [6.45, 7) is 4.13. The van der Waals surface area contributed by atoms with Gasteiger partial charge in [0.05, 0.1) is 17.7 Å². The van der Waals surface area contributed by atoms with Crippen molar-refractivity contribution in [3.8, 4) is 5.75 Å². The predicted molar refractivity (Wildman–Crippen MR) is 84.3 cm³/mol. The normalized spacial score (nSPS) is 11.4. The number of rotatable bonds is 5. The minimum absolute atomic E-state index is 0.245. The van der Waals surface area contributed by atoms with E-state index in [2.05, 4.69) is 18.6 Å². The van der Waals surface area contributed by atoms with Gasteiger partial charge in [0.15, 0.2) is 0 Å². The standard InChI is InChI=1S/C16H19NO3S/c1-12(2)13-7-9-16(10-8-13)21(18,19)17-14-5-4-6-15(11-14)20-3/h4-12,17H,1-3H3. The summed E-state index contributed by atoms with van der Waals surface area (Å²) in [7, 11) is -2.05. The van der Waals surface area contributed by atoms with Crippen molar-refractivity contribution in [2.24, 2.45) is 0 Å². The Morgan fingerprint density at radius 1 is 1.05 bits per heavy atom. The van der Waals surface area contributed by atoms with Crippen LogP contribution in [0, 0.1) is 0 Å². The Balaban J connectivity index is 2.25. The second kappa shape index (κ2) is 6.18. The maximum absolute atomic E-state index is 12.3. The Bertz CT molecular complexity index is 707. The Hall–Kier alpha value is -2.01. The maximum atomic E-state index is 12.3. The van der Waals surface area contributed by atoms with E-state index in [1.54, 1.807) is 36.4 Å². The van der Waals surface area contributed by atoms with Crippen LogP contribution in [0.15, 0.2) is 53.4 Å². The number of methoxy groups -OCH3 is 1. The highest BCUT2D eigenvalue weighted by Gasteiger charge is 2.14. The van der Waals surface area contributed by atoms with Crippen LogP contribution in [-0.4, -0.2) is 15.5 Å². The number of hydrogen-bond acceptors (Lipinski definition) is 3. The lowest BCUT2D eigenvalue weighted by Gasteiger charge is -2.10. The van der Waals surface area contributed by atoms with E-state index in [0.717, 1.165) is 5.56 Å². The molecule has 0 aromatic heterocycles. The van der Waals surface area contributed by atoms with Crippen LogP contribution in [0.25, 0.3) is 0 Å². The van der Waals surface area contributed by atoms with Gasteiger partial charge in [-0.15, -0.1) is 0 Å². The summed E-state index contributed by atoms with van der Waals surface area (Å²) in [5.74, 6) is 0.971. The third kappa shape index (κ3) is 3.76. The molecule has 0 aliphatic heterocycles. The lowest BCUT2D eigenvalue weighted by atomic mass is 10.0. The maximum Gasteiger partial charge on any atom is 0.261 e. The number of nitrogens with one attached hydrogen (secondary N) is 1. The lowest BCUT2D eigenvalue weighted by Crippen LogP contribution is -2.13. The second-order valence-corrected chi connectivity index (χ2v) is 6.74. The number of benzene rings is 2. The molecule has 112 valence electrons. The molecule has 21 heavy (non-hydrogen) atoms. The summed E-state index contributed by atoms with van der Waals surface area (Å²) < 4.78 is 32.3. The SMILES string of the molecule is COc1cccc(NS(=O)(=O)c2ccc(C(C)C)cc2)c1. The molecule has 0 atom stereocenters. The predicted octanol–water partition coefficient (Wildman–Crippen LogP) is 3.62. The van der Waals surface area contributed by atoms with Crippen molar-refractivity contribution >= 4 is 15.7 Å². The Labute approximate surface area is 125 Å². The molecule has 4 nitrogen and oxygen atoms in total. The fourth-order valence-corrected chi connectivity index (χ4v) is 2.98. The van der Waals surface area contributed by atoms with E-state index in [-0.39, 0.29) is 4.90 Å². The Morgan fingerprint density at radius 3 is 2.29 bits per heavy atom. The van der Waals surface area contributed by atoms with E-state index in [0.29, 0.717) is 17.4 Å². The number of anilines is 1. The van der Waals surface area contributed by atoms with Crippen LogP contribution in [0.3, 0.4) is 0 Å². The van der Waals surface area contributed by atoms with Crippen LogP contribution in [-0.2, 0) is 10.0 Å². The van der Waals surface area contributed by atoms with Gasteiger partial charge >= 0.3 is 0 Å². The molecule has 1 N–H and O–H groups in total. The lowest BCUT2D eigenvalue weighted by molar-refractivity contribution is 0.415. The van der Waals surface area contributed by atoms with Crippen LogP contribution in [0.2, 0.25) is 0 Å². The summed E-state index contributed by atoms with van der Waals surface area (Å²) in [5, 5.41) is 0. The summed E-state index contributed by atoms with van der Waals surface area (Å²) in [6, 6.07) is 13.7. The minimum atomic E-state index is -3.59. The average molecular weight is 305 g/mol. The minimum Gasteiger partial charge on any atom is -0.497 e. The molecule has 0 saturated carbocycles. The van der Waals surface area contributed by atoms with Crippen LogP contribution < -0.4 is 9.46 Å². The molecule has 2 aromatic rings. The van der Waals surface area contributed by atoms with Gasteiger partial charge in [-0.25, -0.2) is 8.42 Å². The molecule has 0 aliphatic carbocycles. The zero-order valence-electron chi connectivity index (χ0n) is 12.3. The monoisotopic (exact) mass is 305 g/mol. The second-order valence-electron chi connectivity index (χ2n) is 5.06. The van der Waals surface area contributed by atoms with Gasteiger partial charge in [0.1, 0.15) is 5.75 Å². The fraction of sp³-hybridized carbons (Fsp3) is 0.250. The quantitative estimate of drug-likeness (QED) is 0.918. The van der Waals surface area contributed by atoms with Crippen LogP contribution >= 0.6 is 0 Å². The van der Waals surface area contributed by atoms with Crippen molar-refractivity contribution in [3.63, 3.8) is 0 Å². The van der Waals surface area contributed by atoms with Crippen molar-refractivity contribution in [3.05, 3.63) is 54.1 Å². The van der Waals surface area contributed by atoms with Crippen LogP contribution in [0.1, 0.15) is 25.3 Å². The van der Waals surface area contributed by atoms with Gasteiger partial charge in [0, 0.05) is 6.07 Å². The third-order valence-corrected chi connectivity index (χ3v) is 4.58. The topological polar surface area (TPSA) is 55.4 Å². The van der Waals surface area contributed by atoms with E-state index >= 15 is 0 Å². The average Bonchev–Trinajstić information content (AvgIpc) is 2.47. The third-order valence-electron chi connectivity index (χ3n) is 3.18. The Morgan fingerprint density at radius 2 is 1.71 bits per heavy atom. The van der Waals surface area contributed by atoms with Gasteiger partial charge in [-0.3, -0.25) is 4.72 Å². The zero-order valence-corrected chi connectivity index (χ0v) is 13.1. The summed E-state index contributed by atoms with van der Waals surface area (Å²) in [4.78, 5) is 0.245. The molecule has 0 bridgehead atoms. The van der Waals surface area contributed by atoms with E-state index in [1.807, 2.05) is 12.1 Å². The van der Waals surface area contributed by atoms with Gasteiger partial charge in [-0.2, -0.15) is 0 Å². The highest BCUT2D eigenvalue weighted by Crippen LogP contribution is 2.22. The smallest absolute Gasteiger partial charge is 0.261 e. The molecule has 0 radical (unpaired) electrons. The van der Waals surface area contributed by atoms with Crippen LogP contribution in [0.5, 0.6) is 5.75 Å². The molecule has 2 rings (SSSR count). The Kier molecular flexibility index (Phi) is 4.53. The summed E-state index contributed by atoms with van der Waals surface area (Å²) in [6.07, 6.45) is 0. The molecule has 0 amide bonds. The molecule has 0 fully saturated rings. The highest BCUT2D eigenvalue weighted by atomic mass is 32.2. The first-order valence-corrected chi connectivity index (χ1v) is 8.17. The molecule has 2 aromatic carbocycles. The van der Waals surface area contributed by atoms with Crippen LogP contribution in [0.4, 0.5) is 5.69 Å². The summed E-state index contributed by atoms with van der Waals surface area (Å²) >= 11 is 0. The first-order chi connectivity index (χ1) is 9.92. The van der Waals surface area contributed by atoms with Crippen molar-refractivity contribution in [2.45, 2.75) is 24.7 Å². The van der Waals surface area contributed by atoms with Gasteiger partial charge in [-0.1, -0.05) is 32.0 Å². The molecule has 0 aliphatic rings. The van der Waals surface area contributed by atoms with Gasteiger partial charge < -0.3 is 4.74 Å². The fourth-order valence-electron chi connectivity index (χ4n) is 1.93. The zero-order chi connectivity index (χ0) is 15.5. The summed E-state index contributed by atoms with van der Waals surface area (Å²) in [5.41, 5.74) is 1.58. The number of sulfonamides is 1. The van der Waals surface area contributed by atoms with E-state index in [1.165, 1.54) is 7.11 Å². The van der Waals surface area contributed by atoms with Crippen molar-refractivity contribution in [2.75, 3.05) is 11.8 Å². The van der Waals surface area contributed by atoms with Gasteiger partial charge in [0.25, 0.3) is 10.0 Å². The first kappa shape index (κ1) is 15.4. The largest absolute Gasteiger partial charge is 0.497 e. The van der Waals surface area contributed by atoms with Gasteiger partial charge in [-0.05, 0) is 35.7 Å². The van der Waals surface area contributed by atoms with E-state index in [9.17, 15) is 8.42 Å². The molecule has 0 spiro atoms. The van der Waals surface area contributed by atoms with Crippen molar-refractivity contribution in [1.82, 2.24) is 0 Å². The molecule has 0 heterocycles. The molecule has 5 heteroatoms. The van der Waals surface area contributed by atoms with E-state index in [4.69, 9.17) is 4.74 Å².